The minimum absolute atomic E-state index is 0.324. The molecule has 0 bridgehead atoms. The van der Waals surface area contributed by atoms with Crippen LogP contribution in [-0.2, 0) is 4.74 Å². The van der Waals surface area contributed by atoms with Crippen LogP contribution in [0.1, 0.15) is 0 Å². The Bertz CT molecular complexity index is 162. The molecular formula is C6H12O6. The number of rotatable bonds is 1. The first-order valence-corrected chi connectivity index (χ1v) is 3.52. The summed E-state index contributed by atoms with van der Waals surface area (Å²) in [6.45, 7) is -1.16. The summed E-state index contributed by atoms with van der Waals surface area (Å²) in [5.41, 5.74) is 0. The molecule has 0 unspecified atom stereocenters. The molecule has 0 amide bonds. The van der Waals surface area contributed by atoms with E-state index in [9.17, 15) is 5.11 Å². The first-order chi connectivity index (χ1) is 5.51. The van der Waals surface area contributed by atoms with Crippen molar-refractivity contribution in [1.29, 1.82) is 0 Å². The van der Waals surface area contributed by atoms with Crippen LogP contribution < -0.4 is 0 Å². The van der Waals surface area contributed by atoms with E-state index in [2.05, 4.69) is 4.74 Å². The van der Waals surface area contributed by atoms with Gasteiger partial charge in [0.05, 0.1) is 13.2 Å². The molecule has 0 spiro atoms. The van der Waals surface area contributed by atoms with Crippen molar-refractivity contribution in [2.45, 2.75) is 24.1 Å². The lowest BCUT2D eigenvalue weighted by Crippen LogP contribution is -2.62. The zero-order valence-electron chi connectivity index (χ0n) is 6.29. The second kappa shape index (κ2) is 3.25. The summed E-state index contributed by atoms with van der Waals surface area (Å²) in [7, 11) is 0. The van der Waals surface area contributed by atoms with E-state index in [0.717, 1.165) is 0 Å². The molecule has 0 aromatic carbocycles. The van der Waals surface area contributed by atoms with Crippen LogP contribution in [0.4, 0.5) is 0 Å². The van der Waals surface area contributed by atoms with Crippen molar-refractivity contribution in [3.63, 3.8) is 0 Å². The number of aliphatic hydroxyl groups is 5. The van der Waals surface area contributed by atoms with Crippen molar-refractivity contribution in [3.8, 4) is 0 Å². The van der Waals surface area contributed by atoms with E-state index in [-0.39, 0.29) is 6.61 Å². The van der Waals surface area contributed by atoms with Gasteiger partial charge in [-0.25, -0.2) is 0 Å². The van der Waals surface area contributed by atoms with Gasteiger partial charge < -0.3 is 30.3 Å². The quantitative estimate of drug-likeness (QED) is 0.290. The lowest BCUT2D eigenvalue weighted by molar-refractivity contribution is -0.331. The van der Waals surface area contributed by atoms with Crippen molar-refractivity contribution in [2.75, 3.05) is 13.2 Å². The summed E-state index contributed by atoms with van der Waals surface area (Å²) in [6, 6.07) is 0. The summed E-state index contributed by atoms with van der Waals surface area (Å²) in [4.78, 5) is 0. The fraction of sp³-hybridized carbons (Fsp3) is 1.00. The molecule has 0 aromatic rings. The van der Waals surface area contributed by atoms with Crippen LogP contribution in [-0.4, -0.2) is 62.8 Å². The largest absolute Gasteiger partial charge is 0.391 e. The van der Waals surface area contributed by atoms with E-state index < -0.39 is 30.7 Å². The van der Waals surface area contributed by atoms with Gasteiger partial charge in [-0.3, -0.25) is 0 Å². The molecule has 1 rings (SSSR count). The molecule has 0 saturated carbocycles. The number of aliphatic hydroxyl groups excluding tert-OH is 4. The molecule has 0 radical (unpaired) electrons. The molecule has 0 aromatic heterocycles. The maximum absolute atomic E-state index is 9.24. The summed E-state index contributed by atoms with van der Waals surface area (Å²) in [5.74, 6) is -2.17. The maximum Gasteiger partial charge on any atom is 0.218 e. The Hall–Kier alpha value is -0.240. The van der Waals surface area contributed by atoms with E-state index in [1.807, 2.05) is 0 Å². The maximum atomic E-state index is 9.24. The third kappa shape index (κ3) is 1.45. The van der Waals surface area contributed by atoms with E-state index in [1.54, 1.807) is 0 Å². The smallest absolute Gasteiger partial charge is 0.218 e. The monoisotopic (exact) mass is 180 g/mol. The minimum Gasteiger partial charge on any atom is -0.391 e. The first kappa shape index (κ1) is 9.85. The molecular weight excluding hydrogens is 168 g/mol. The summed E-state index contributed by atoms with van der Waals surface area (Å²) < 4.78 is 4.56. The molecule has 5 N–H and O–H groups in total. The Balaban J connectivity index is 2.71. The molecule has 6 nitrogen and oxygen atoms in total. The second-order valence-corrected chi connectivity index (χ2v) is 2.82. The predicted molar refractivity (Wildman–Crippen MR) is 36.0 cm³/mol. The molecule has 12 heavy (non-hydrogen) atoms. The molecule has 1 saturated heterocycles. The average Bonchev–Trinajstić information content (AvgIpc) is 2.09. The van der Waals surface area contributed by atoms with E-state index in [4.69, 9.17) is 20.4 Å². The molecule has 0 aliphatic carbocycles. The van der Waals surface area contributed by atoms with Crippen LogP contribution in [0.5, 0.6) is 0 Å². The third-order valence-corrected chi connectivity index (χ3v) is 1.91. The summed E-state index contributed by atoms with van der Waals surface area (Å²) in [6.07, 6.45) is -4.45. The lowest BCUT2D eigenvalue weighted by Gasteiger charge is -2.40. The van der Waals surface area contributed by atoms with Crippen LogP contribution >= 0.6 is 0 Å². The Kier molecular flexibility index (Phi) is 2.67. The van der Waals surface area contributed by atoms with Crippen LogP contribution in [0.15, 0.2) is 0 Å². The van der Waals surface area contributed by atoms with Crippen molar-refractivity contribution in [2.24, 2.45) is 0 Å². The second-order valence-electron chi connectivity index (χ2n) is 2.82. The van der Waals surface area contributed by atoms with Gasteiger partial charge in [0, 0.05) is 0 Å². The van der Waals surface area contributed by atoms with Gasteiger partial charge in [0.2, 0.25) is 5.79 Å². The van der Waals surface area contributed by atoms with E-state index in [0.29, 0.717) is 0 Å². The Morgan fingerprint density at radius 2 is 1.92 bits per heavy atom. The van der Waals surface area contributed by atoms with Gasteiger partial charge >= 0.3 is 0 Å². The van der Waals surface area contributed by atoms with Gasteiger partial charge in [0.1, 0.15) is 18.3 Å². The average molecular weight is 180 g/mol. The van der Waals surface area contributed by atoms with Crippen molar-refractivity contribution >= 4 is 0 Å². The summed E-state index contributed by atoms with van der Waals surface area (Å²) >= 11 is 0. The highest BCUT2D eigenvalue weighted by atomic mass is 16.7. The molecule has 1 fully saturated rings. The Morgan fingerprint density at radius 3 is 2.42 bits per heavy atom. The normalized spacial score (nSPS) is 49.2. The standard InChI is InChI=1S/C6H12O6/c7-2-6(11)5(10)4(9)3(8)1-12-6/h3-5,7-11H,1-2H2/t3-,4-,5-,6+/m0/s1. The third-order valence-electron chi connectivity index (χ3n) is 1.91. The van der Waals surface area contributed by atoms with Gasteiger partial charge in [0.25, 0.3) is 0 Å². The minimum atomic E-state index is -2.17. The van der Waals surface area contributed by atoms with E-state index in [1.165, 1.54) is 0 Å². The number of hydrogen-bond acceptors (Lipinski definition) is 6. The summed E-state index contributed by atoms with van der Waals surface area (Å²) in [5, 5.41) is 45.0. The zero-order valence-corrected chi connectivity index (χ0v) is 6.29. The topological polar surface area (TPSA) is 110 Å². The first-order valence-electron chi connectivity index (χ1n) is 3.52. The number of hydrogen-bond donors (Lipinski definition) is 5. The van der Waals surface area contributed by atoms with Crippen LogP contribution in [0, 0.1) is 0 Å². The molecule has 4 atom stereocenters. The fourth-order valence-corrected chi connectivity index (χ4v) is 1.03. The fourth-order valence-electron chi connectivity index (χ4n) is 1.03. The van der Waals surface area contributed by atoms with Crippen LogP contribution in [0.3, 0.4) is 0 Å². The Labute approximate surface area is 68.6 Å². The molecule has 1 heterocycles. The van der Waals surface area contributed by atoms with Gasteiger partial charge in [-0.15, -0.1) is 0 Å². The van der Waals surface area contributed by atoms with Gasteiger partial charge in [-0.05, 0) is 0 Å². The van der Waals surface area contributed by atoms with E-state index >= 15 is 0 Å². The highest BCUT2D eigenvalue weighted by Crippen LogP contribution is 2.22. The Morgan fingerprint density at radius 1 is 1.33 bits per heavy atom. The number of ether oxygens (including phenoxy) is 1. The predicted octanol–water partition coefficient (Wildman–Crippen LogP) is -3.22. The van der Waals surface area contributed by atoms with Crippen molar-refractivity contribution < 1.29 is 30.3 Å². The molecule has 1 aliphatic heterocycles. The highest BCUT2D eigenvalue weighted by Gasteiger charge is 2.47. The molecule has 72 valence electrons. The zero-order chi connectivity index (χ0) is 9.35. The molecule has 6 heteroatoms. The van der Waals surface area contributed by atoms with Crippen LogP contribution in [0.25, 0.3) is 0 Å². The SMILES string of the molecule is OC[C@@]1(O)OC[C@H](O)[C@H](O)[C@@H]1O. The molecule has 1 aliphatic rings. The lowest BCUT2D eigenvalue weighted by atomic mass is 9.98. The van der Waals surface area contributed by atoms with Crippen molar-refractivity contribution in [3.05, 3.63) is 0 Å². The van der Waals surface area contributed by atoms with Gasteiger partial charge in [0.15, 0.2) is 0 Å². The highest BCUT2D eigenvalue weighted by molar-refractivity contribution is 4.90. The van der Waals surface area contributed by atoms with Crippen LogP contribution in [0.2, 0.25) is 0 Å². The van der Waals surface area contributed by atoms with Gasteiger partial charge in [-0.1, -0.05) is 0 Å². The van der Waals surface area contributed by atoms with Gasteiger partial charge in [-0.2, -0.15) is 0 Å². The van der Waals surface area contributed by atoms with Crippen molar-refractivity contribution in [1.82, 2.24) is 0 Å².